The number of ether oxygens (including phenoxy) is 2. The standard InChI is InChI=1S/C12H21NO8/c1-8(11(16)17)13(3-5-20-2)4-6-21-9(12(18)19)7-10(14)15/h8-9H,3-7H2,1-2H3,(H,14,15)(H,16,17)(H,18,19). The smallest absolute Gasteiger partial charge is 0.333 e. The van der Waals surface area contributed by atoms with Crippen molar-refractivity contribution in [1.82, 2.24) is 4.90 Å². The van der Waals surface area contributed by atoms with Gasteiger partial charge >= 0.3 is 17.9 Å². The zero-order valence-electron chi connectivity index (χ0n) is 12.0. The van der Waals surface area contributed by atoms with E-state index in [9.17, 15) is 14.4 Å². The first-order chi connectivity index (χ1) is 9.79. The molecule has 0 saturated carbocycles. The van der Waals surface area contributed by atoms with Crippen molar-refractivity contribution in [1.29, 1.82) is 0 Å². The van der Waals surface area contributed by atoms with Gasteiger partial charge in [0.25, 0.3) is 0 Å². The van der Waals surface area contributed by atoms with E-state index in [0.717, 1.165) is 0 Å². The minimum Gasteiger partial charge on any atom is -0.481 e. The van der Waals surface area contributed by atoms with Gasteiger partial charge in [0.1, 0.15) is 6.04 Å². The maximum atomic E-state index is 11.0. The molecule has 0 heterocycles. The summed E-state index contributed by atoms with van der Waals surface area (Å²) in [5, 5.41) is 26.4. The monoisotopic (exact) mass is 307 g/mol. The van der Waals surface area contributed by atoms with Gasteiger partial charge in [0.2, 0.25) is 0 Å². The molecule has 21 heavy (non-hydrogen) atoms. The molecule has 3 N–H and O–H groups in total. The van der Waals surface area contributed by atoms with E-state index in [1.54, 1.807) is 4.90 Å². The highest BCUT2D eigenvalue weighted by molar-refractivity contribution is 5.79. The molecule has 0 fully saturated rings. The van der Waals surface area contributed by atoms with Crippen LogP contribution in [-0.4, -0.2) is 83.7 Å². The minimum atomic E-state index is -1.45. The highest BCUT2D eigenvalue weighted by Gasteiger charge is 2.24. The summed E-state index contributed by atoms with van der Waals surface area (Å²) >= 11 is 0. The number of carbonyl (C=O) groups is 3. The summed E-state index contributed by atoms with van der Waals surface area (Å²) in [6.45, 7) is 2.20. The second kappa shape index (κ2) is 10.1. The van der Waals surface area contributed by atoms with Crippen molar-refractivity contribution < 1.29 is 39.2 Å². The molecule has 2 unspecified atom stereocenters. The number of aliphatic carboxylic acids is 3. The summed E-state index contributed by atoms with van der Waals surface area (Å²) in [4.78, 5) is 33.8. The van der Waals surface area contributed by atoms with Crippen molar-refractivity contribution in [2.24, 2.45) is 0 Å². The van der Waals surface area contributed by atoms with Crippen molar-refractivity contribution >= 4 is 17.9 Å². The number of carboxylic acid groups (broad SMARTS) is 3. The Morgan fingerprint density at radius 2 is 1.62 bits per heavy atom. The predicted molar refractivity (Wildman–Crippen MR) is 70.2 cm³/mol. The molecule has 0 aliphatic rings. The zero-order chi connectivity index (χ0) is 16.4. The lowest BCUT2D eigenvalue weighted by molar-refractivity contribution is -0.157. The van der Waals surface area contributed by atoms with E-state index in [-0.39, 0.29) is 13.2 Å². The normalized spacial score (nSPS) is 13.9. The minimum absolute atomic E-state index is 0.0917. The fourth-order valence-electron chi connectivity index (χ4n) is 1.55. The van der Waals surface area contributed by atoms with Crippen LogP contribution < -0.4 is 0 Å². The van der Waals surface area contributed by atoms with Gasteiger partial charge in [-0.05, 0) is 6.92 Å². The van der Waals surface area contributed by atoms with Gasteiger partial charge in [-0.1, -0.05) is 0 Å². The van der Waals surface area contributed by atoms with Crippen molar-refractivity contribution in [2.45, 2.75) is 25.5 Å². The van der Waals surface area contributed by atoms with Gasteiger partial charge in [-0.2, -0.15) is 0 Å². The molecule has 0 saturated heterocycles. The molecule has 9 nitrogen and oxygen atoms in total. The number of nitrogens with zero attached hydrogens (tertiary/aromatic N) is 1. The first-order valence-electron chi connectivity index (χ1n) is 6.31. The number of hydrogen-bond donors (Lipinski definition) is 3. The average Bonchev–Trinajstić information content (AvgIpc) is 2.39. The molecule has 0 aliphatic carbocycles. The van der Waals surface area contributed by atoms with Crippen molar-refractivity contribution in [3.8, 4) is 0 Å². The number of carboxylic acids is 3. The summed E-state index contributed by atoms with van der Waals surface area (Å²) in [6.07, 6.45) is -2.10. The molecular weight excluding hydrogens is 286 g/mol. The first-order valence-corrected chi connectivity index (χ1v) is 6.31. The highest BCUT2D eigenvalue weighted by atomic mass is 16.5. The average molecular weight is 307 g/mol. The molecule has 0 aromatic rings. The topological polar surface area (TPSA) is 134 Å². The van der Waals surface area contributed by atoms with E-state index in [0.29, 0.717) is 13.2 Å². The molecule has 0 aromatic heterocycles. The van der Waals surface area contributed by atoms with E-state index >= 15 is 0 Å². The third-order valence-corrected chi connectivity index (χ3v) is 2.82. The molecule has 0 spiro atoms. The van der Waals surface area contributed by atoms with Crippen LogP contribution in [-0.2, 0) is 23.9 Å². The van der Waals surface area contributed by atoms with Crippen LogP contribution in [0.25, 0.3) is 0 Å². The van der Waals surface area contributed by atoms with E-state index in [1.165, 1.54) is 14.0 Å². The Hall–Kier alpha value is -1.71. The van der Waals surface area contributed by atoms with Crippen molar-refractivity contribution in [2.75, 3.05) is 33.4 Å². The lowest BCUT2D eigenvalue weighted by atomic mass is 10.2. The fraction of sp³-hybridized carbons (Fsp3) is 0.750. The number of hydrogen-bond acceptors (Lipinski definition) is 6. The second-order valence-electron chi connectivity index (χ2n) is 4.34. The van der Waals surface area contributed by atoms with Gasteiger partial charge in [0.05, 0.1) is 19.6 Å². The Morgan fingerprint density at radius 3 is 2.05 bits per heavy atom. The Bertz CT molecular complexity index is 359. The quantitative estimate of drug-likeness (QED) is 0.430. The first kappa shape index (κ1) is 19.3. The van der Waals surface area contributed by atoms with Crippen molar-refractivity contribution in [3.05, 3.63) is 0 Å². The summed E-state index contributed by atoms with van der Waals surface area (Å²) < 4.78 is 9.87. The van der Waals surface area contributed by atoms with Gasteiger partial charge < -0.3 is 24.8 Å². The fourth-order valence-corrected chi connectivity index (χ4v) is 1.55. The van der Waals surface area contributed by atoms with Crippen LogP contribution in [0.4, 0.5) is 0 Å². The van der Waals surface area contributed by atoms with Gasteiger partial charge in [-0.3, -0.25) is 14.5 Å². The maximum Gasteiger partial charge on any atom is 0.333 e. The molecule has 122 valence electrons. The van der Waals surface area contributed by atoms with E-state index < -0.39 is 36.5 Å². The van der Waals surface area contributed by atoms with Crippen LogP contribution in [0.15, 0.2) is 0 Å². The third-order valence-electron chi connectivity index (χ3n) is 2.82. The maximum absolute atomic E-state index is 11.0. The zero-order valence-corrected chi connectivity index (χ0v) is 12.0. The van der Waals surface area contributed by atoms with E-state index in [4.69, 9.17) is 24.8 Å². The van der Waals surface area contributed by atoms with Crippen molar-refractivity contribution in [3.63, 3.8) is 0 Å². The Kier molecular flexibility index (Phi) is 9.26. The van der Waals surface area contributed by atoms with Crippen LogP contribution in [0.2, 0.25) is 0 Å². The lowest BCUT2D eigenvalue weighted by Crippen LogP contribution is -2.43. The van der Waals surface area contributed by atoms with Gasteiger partial charge in [0.15, 0.2) is 6.10 Å². The largest absolute Gasteiger partial charge is 0.481 e. The highest BCUT2D eigenvalue weighted by Crippen LogP contribution is 2.03. The Balaban J connectivity index is 4.41. The molecule has 2 atom stereocenters. The van der Waals surface area contributed by atoms with E-state index in [1.807, 2.05) is 0 Å². The summed E-state index contributed by atoms with van der Waals surface area (Å²) in [7, 11) is 1.48. The molecule has 0 rings (SSSR count). The SMILES string of the molecule is COCCN(CCOC(CC(=O)O)C(=O)O)C(C)C(=O)O. The summed E-state index contributed by atoms with van der Waals surface area (Å²) in [5.41, 5.74) is 0. The molecule has 0 aromatic carbocycles. The predicted octanol–water partition coefficient (Wildman–Crippen LogP) is -0.648. The summed E-state index contributed by atoms with van der Waals surface area (Å²) in [6, 6.07) is -0.786. The molecule has 0 aliphatic heterocycles. The van der Waals surface area contributed by atoms with Gasteiger partial charge in [0, 0.05) is 20.2 Å². The lowest BCUT2D eigenvalue weighted by Gasteiger charge is -2.26. The second-order valence-corrected chi connectivity index (χ2v) is 4.34. The van der Waals surface area contributed by atoms with Crippen LogP contribution in [0.1, 0.15) is 13.3 Å². The summed E-state index contributed by atoms with van der Waals surface area (Å²) in [5.74, 6) is -3.67. The van der Waals surface area contributed by atoms with Crippen LogP contribution in [0.3, 0.4) is 0 Å². The van der Waals surface area contributed by atoms with Crippen LogP contribution in [0.5, 0.6) is 0 Å². The number of methoxy groups -OCH3 is 1. The Labute approximate surface area is 122 Å². The molecule has 0 radical (unpaired) electrons. The van der Waals surface area contributed by atoms with E-state index in [2.05, 4.69) is 0 Å². The molecule has 9 heteroatoms. The van der Waals surface area contributed by atoms with Gasteiger partial charge in [-0.25, -0.2) is 4.79 Å². The Morgan fingerprint density at radius 1 is 1.05 bits per heavy atom. The molecular formula is C12H21NO8. The molecule has 0 bridgehead atoms. The third kappa shape index (κ3) is 8.23. The van der Waals surface area contributed by atoms with Gasteiger partial charge in [-0.15, -0.1) is 0 Å². The number of rotatable bonds is 12. The van der Waals surface area contributed by atoms with Crippen LogP contribution in [0, 0.1) is 0 Å². The van der Waals surface area contributed by atoms with Crippen LogP contribution >= 0.6 is 0 Å². The molecule has 0 amide bonds.